The van der Waals surface area contributed by atoms with Crippen molar-refractivity contribution in [3.05, 3.63) is 0 Å². The molecule has 19 heavy (non-hydrogen) atoms. The first-order valence-electron chi connectivity index (χ1n) is 7.44. The van der Waals surface area contributed by atoms with Crippen LogP contribution >= 0.6 is 0 Å². The van der Waals surface area contributed by atoms with Gasteiger partial charge in [-0.05, 0) is 44.4 Å². The summed E-state index contributed by atoms with van der Waals surface area (Å²) in [6.07, 6.45) is 3.05. The van der Waals surface area contributed by atoms with E-state index in [1.54, 1.807) is 0 Å². The van der Waals surface area contributed by atoms with Gasteiger partial charge < -0.3 is 10.5 Å². The maximum absolute atomic E-state index is 12.8. The van der Waals surface area contributed by atoms with E-state index in [4.69, 9.17) is 10.5 Å². The van der Waals surface area contributed by atoms with Gasteiger partial charge in [-0.15, -0.1) is 0 Å². The van der Waals surface area contributed by atoms with E-state index >= 15 is 0 Å². The lowest BCUT2D eigenvalue weighted by molar-refractivity contribution is 0.126. The molecule has 2 rings (SSSR count). The topological polar surface area (TPSA) is 69.4 Å². The van der Waals surface area contributed by atoms with Gasteiger partial charge in [-0.1, -0.05) is 13.8 Å². The molecule has 2 N–H and O–H groups in total. The molecule has 2 fully saturated rings. The summed E-state index contributed by atoms with van der Waals surface area (Å²) in [4.78, 5) is 0. The van der Waals surface area contributed by atoms with Gasteiger partial charge in [-0.25, -0.2) is 8.42 Å². The van der Waals surface area contributed by atoms with Gasteiger partial charge in [-0.2, -0.15) is 0 Å². The fourth-order valence-corrected chi connectivity index (χ4v) is 6.16. The first-order chi connectivity index (χ1) is 8.84. The Hall–Kier alpha value is -0.130. The number of rotatable bonds is 3. The Labute approximate surface area is 117 Å². The molecular formula is C14H27NO3S. The Morgan fingerprint density at radius 2 is 1.84 bits per heavy atom. The van der Waals surface area contributed by atoms with Crippen LogP contribution in [0, 0.1) is 11.8 Å². The van der Waals surface area contributed by atoms with Gasteiger partial charge in [-0.3, -0.25) is 0 Å². The molecule has 1 aliphatic carbocycles. The molecule has 0 spiro atoms. The lowest BCUT2D eigenvalue weighted by atomic mass is 9.79. The molecule has 4 nitrogen and oxygen atoms in total. The van der Waals surface area contributed by atoms with Gasteiger partial charge in [0.2, 0.25) is 0 Å². The molecular weight excluding hydrogens is 262 g/mol. The summed E-state index contributed by atoms with van der Waals surface area (Å²) in [5.74, 6) is 1.01. The molecule has 0 amide bonds. The molecule has 5 heteroatoms. The number of hydrogen-bond donors (Lipinski definition) is 1. The molecule has 0 aromatic rings. The highest BCUT2D eigenvalue weighted by molar-refractivity contribution is 7.92. The molecule has 5 atom stereocenters. The second kappa shape index (κ2) is 5.70. The number of hydrogen-bond acceptors (Lipinski definition) is 4. The van der Waals surface area contributed by atoms with Crippen LogP contribution in [0.1, 0.15) is 46.5 Å². The van der Waals surface area contributed by atoms with Crippen LogP contribution in [0.25, 0.3) is 0 Å². The molecule has 5 unspecified atom stereocenters. The van der Waals surface area contributed by atoms with Crippen LogP contribution in [0.15, 0.2) is 0 Å². The molecule has 1 saturated heterocycles. The predicted octanol–water partition coefficient (Wildman–Crippen LogP) is 1.73. The average Bonchev–Trinajstić information content (AvgIpc) is 2.76. The monoisotopic (exact) mass is 289 g/mol. The van der Waals surface area contributed by atoms with E-state index in [1.165, 1.54) is 0 Å². The van der Waals surface area contributed by atoms with Gasteiger partial charge in [0, 0.05) is 12.6 Å². The first kappa shape index (κ1) is 15.3. The van der Waals surface area contributed by atoms with Crippen molar-refractivity contribution in [2.75, 3.05) is 6.61 Å². The molecule has 2 aliphatic rings. The maximum atomic E-state index is 12.8. The minimum Gasteiger partial charge on any atom is -0.377 e. The molecule has 1 saturated carbocycles. The summed E-state index contributed by atoms with van der Waals surface area (Å²) in [5, 5.41) is -0.725. The largest absolute Gasteiger partial charge is 0.377 e. The molecule has 0 radical (unpaired) electrons. The highest BCUT2D eigenvalue weighted by Crippen LogP contribution is 2.36. The third-order valence-corrected chi connectivity index (χ3v) is 7.83. The lowest BCUT2D eigenvalue weighted by Crippen LogP contribution is -2.50. The van der Waals surface area contributed by atoms with Crippen molar-refractivity contribution in [1.29, 1.82) is 0 Å². The number of sulfone groups is 1. The van der Waals surface area contributed by atoms with Crippen LogP contribution < -0.4 is 5.73 Å². The highest BCUT2D eigenvalue weighted by atomic mass is 32.2. The van der Waals surface area contributed by atoms with Crippen LogP contribution in [0.5, 0.6) is 0 Å². The van der Waals surface area contributed by atoms with E-state index in [0.29, 0.717) is 24.9 Å². The van der Waals surface area contributed by atoms with E-state index in [1.807, 2.05) is 6.92 Å². The van der Waals surface area contributed by atoms with Crippen molar-refractivity contribution in [3.8, 4) is 0 Å². The van der Waals surface area contributed by atoms with Crippen LogP contribution in [-0.2, 0) is 14.6 Å². The summed E-state index contributed by atoms with van der Waals surface area (Å²) in [5.41, 5.74) is 6.12. The third kappa shape index (κ3) is 2.98. The quantitative estimate of drug-likeness (QED) is 0.859. The van der Waals surface area contributed by atoms with Gasteiger partial charge in [0.15, 0.2) is 9.84 Å². The SMILES string of the molecule is CC(C)C1CCC(N)C(S(=O)(=O)C2CCOC2C)C1. The summed E-state index contributed by atoms with van der Waals surface area (Å²) < 4.78 is 31.1. The number of ether oxygens (including phenoxy) is 1. The zero-order valence-electron chi connectivity index (χ0n) is 12.2. The second-order valence-corrected chi connectivity index (χ2v) is 8.90. The Morgan fingerprint density at radius 1 is 1.16 bits per heavy atom. The summed E-state index contributed by atoms with van der Waals surface area (Å²) in [6, 6.07) is -0.201. The standard InChI is InChI=1S/C14H27NO3S/c1-9(2)11-4-5-12(15)14(8-11)19(16,17)13-6-7-18-10(13)3/h9-14H,4-8,15H2,1-3H3. The second-order valence-electron chi connectivity index (χ2n) is 6.51. The first-order valence-corrected chi connectivity index (χ1v) is 9.05. The fraction of sp³-hybridized carbons (Fsp3) is 1.00. The van der Waals surface area contributed by atoms with Gasteiger partial charge >= 0.3 is 0 Å². The Balaban J connectivity index is 2.18. The molecule has 112 valence electrons. The van der Waals surface area contributed by atoms with Crippen LogP contribution in [0.3, 0.4) is 0 Å². The molecule has 0 bridgehead atoms. The van der Waals surface area contributed by atoms with Crippen LogP contribution in [0.4, 0.5) is 0 Å². The minimum absolute atomic E-state index is 0.184. The molecule has 0 aromatic heterocycles. The van der Waals surface area contributed by atoms with E-state index in [0.717, 1.165) is 19.3 Å². The predicted molar refractivity (Wildman–Crippen MR) is 76.7 cm³/mol. The zero-order valence-corrected chi connectivity index (χ0v) is 13.0. The Morgan fingerprint density at radius 3 is 2.37 bits per heavy atom. The lowest BCUT2D eigenvalue weighted by Gasteiger charge is -2.37. The van der Waals surface area contributed by atoms with Crippen molar-refractivity contribution in [3.63, 3.8) is 0 Å². The maximum Gasteiger partial charge on any atom is 0.160 e. The van der Waals surface area contributed by atoms with E-state index in [9.17, 15) is 8.42 Å². The molecule has 1 aliphatic heterocycles. The van der Waals surface area contributed by atoms with Crippen molar-refractivity contribution >= 4 is 9.84 Å². The highest BCUT2D eigenvalue weighted by Gasteiger charge is 2.45. The summed E-state index contributed by atoms with van der Waals surface area (Å²) in [6.45, 7) is 6.77. The zero-order chi connectivity index (χ0) is 14.2. The Bertz CT molecular complexity index is 407. The smallest absolute Gasteiger partial charge is 0.160 e. The van der Waals surface area contributed by atoms with Crippen molar-refractivity contribution < 1.29 is 13.2 Å². The molecule has 0 aromatic carbocycles. The van der Waals surface area contributed by atoms with Gasteiger partial charge in [0.25, 0.3) is 0 Å². The fourth-order valence-electron chi connectivity index (χ4n) is 3.53. The Kier molecular flexibility index (Phi) is 4.58. The molecule has 1 heterocycles. The average molecular weight is 289 g/mol. The normalized spacial score (nSPS) is 40.8. The van der Waals surface area contributed by atoms with E-state index in [-0.39, 0.29) is 22.6 Å². The number of nitrogens with two attached hydrogens (primary N) is 1. The van der Waals surface area contributed by atoms with Crippen LogP contribution in [0.2, 0.25) is 0 Å². The minimum atomic E-state index is -3.18. The summed E-state index contributed by atoms with van der Waals surface area (Å²) in [7, 11) is -3.18. The van der Waals surface area contributed by atoms with Gasteiger partial charge in [0.05, 0.1) is 16.6 Å². The van der Waals surface area contributed by atoms with Crippen molar-refractivity contribution in [2.24, 2.45) is 17.6 Å². The summed E-state index contributed by atoms with van der Waals surface area (Å²) >= 11 is 0. The van der Waals surface area contributed by atoms with E-state index < -0.39 is 9.84 Å². The van der Waals surface area contributed by atoms with Gasteiger partial charge in [0.1, 0.15) is 0 Å². The van der Waals surface area contributed by atoms with Crippen molar-refractivity contribution in [2.45, 2.75) is 69.1 Å². The van der Waals surface area contributed by atoms with Crippen molar-refractivity contribution in [1.82, 2.24) is 0 Å². The van der Waals surface area contributed by atoms with E-state index in [2.05, 4.69) is 13.8 Å². The third-order valence-electron chi connectivity index (χ3n) is 4.98. The van der Waals surface area contributed by atoms with Crippen LogP contribution in [-0.4, -0.2) is 37.7 Å².